The highest BCUT2D eigenvalue weighted by Crippen LogP contribution is 2.32. The molecule has 0 radical (unpaired) electrons. The molecule has 0 aliphatic rings. The van der Waals surface area contributed by atoms with Crippen molar-refractivity contribution in [1.82, 2.24) is 5.06 Å². The summed E-state index contributed by atoms with van der Waals surface area (Å²) in [5, 5.41) is 9.81. The van der Waals surface area contributed by atoms with E-state index in [1.807, 2.05) is 0 Å². The molecule has 0 spiro atoms. The van der Waals surface area contributed by atoms with Crippen LogP contribution in [0.15, 0.2) is 18.2 Å². The Labute approximate surface area is 91.0 Å². The van der Waals surface area contributed by atoms with Gasteiger partial charge in [0.1, 0.15) is 5.75 Å². The fourth-order valence-corrected chi connectivity index (χ4v) is 1.32. The fourth-order valence-electron chi connectivity index (χ4n) is 1.32. The lowest BCUT2D eigenvalue weighted by Gasteiger charge is -2.14. The van der Waals surface area contributed by atoms with E-state index >= 15 is 0 Å². The molecule has 90 valence electrons. The zero-order valence-corrected chi connectivity index (χ0v) is 8.88. The van der Waals surface area contributed by atoms with Gasteiger partial charge in [-0.15, -0.1) is 0 Å². The van der Waals surface area contributed by atoms with E-state index in [4.69, 9.17) is 9.94 Å². The first kappa shape index (κ1) is 12.8. The minimum absolute atomic E-state index is 0.0346. The molecule has 16 heavy (non-hydrogen) atoms. The largest absolute Gasteiger partial charge is 0.496 e. The molecule has 0 unspecified atom stereocenters. The van der Waals surface area contributed by atoms with E-state index in [1.165, 1.54) is 20.2 Å². The average Bonchev–Trinajstić information content (AvgIpc) is 2.15. The maximum absolute atomic E-state index is 12.4. The summed E-state index contributed by atoms with van der Waals surface area (Å²) in [6.07, 6.45) is -4.39. The van der Waals surface area contributed by atoms with Crippen LogP contribution in [0.25, 0.3) is 0 Å². The molecule has 3 nitrogen and oxygen atoms in total. The predicted molar refractivity (Wildman–Crippen MR) is 51.2 cm³/mol. The maximum Gasteiger partial charge on any atom is 0.416 e. The van der Waals surface area contributed by atoms with Gasteiger partial charge >= 0.3 is 6.18 Å². The molecule has 0 amide bonds. The number of ether oxygens (including phenoxy) is 1. The van der Waals surface area contributed by atoms with Gasteiger partial charge in [0, 0.05) is 12.6 Å². The molecule has 0 heterocycles. The molecule has 1 aromatic rings. The average molecular weight is 235 g/mol. The van der Waals surface area contributed by atoms with Gasteiger partial charge in [0.2, 0.25) is 0 Å². The van der Waals surface area contributed by atoms with Gasteiger partial charge in [-0.2, -0.15) is 18.2 Å². The van der Waals surface area contributed by atoms with Crippen molar-refractivity contribution in [2.24, 2.45) is 0 Å². The van der Waals surface area contributed by atoms with Crippen molar-refractivity contribution in [3.63, 3.8) is 0 Å². The summed E-state index contributed by atoms with van der Waals surface area (Å²) in [4.78, 5) is 0. The Balaban J connectivity index is 3.11. The van der Waals surface area contributed by atoms with Crippen molar-refractivity contribution < 1.29 is 23.1 Å². The monoisotopic (exact) mass is 235 g/mol. The summed E-state index contributed by atoms with van der Waals surface area (Å²) < 4.78 is 42.2. The van der Waals surface area contributed by atoms with Gasteiger partial charge < -0.3 is 9.94 Å². The van der Waals surface area contributed by atoms with Crippen LogP contribution in [0.3, 0.4) is 0 Å². The molecular formula is C10H12F3NO2. The number of methoxy groups -OCH3 is 1. The lowest BCUT2D eigenvalue weighted by atomic mass is 10.1. The second-order valence-electron chi connectivity index (χ2n) is 3.34. The van der Waals surface area contributed by atoms with Crippen LogP contribution < -0.4 is 4.74 Å². The van der Waals surface area contributed by atoms with E-state index in [1.54, 1.807) is 0 Å². The molecule has 0 saturated carbocycles. The number of alkyl halides is 3. The molecule has 0 saturated heterocycles. The van der Waals surface area contributed by atoms with Crippen molar-refractivity contribution in [2.45, 2.75) is 12.7 Å². The number of halogens is 3. The standard InChI is InChI=1S/C10H12F3NO2/c1-14(15)6-7-5-8(10(11,12)13)3-4-9(7)16-2/h3-5,15H,6H2,1-2H3. The molecule has 0 aliphatic heterocycles. The quantitative estimate of drug-likeness (QED) is 0.817. The van der Waals surface area contributed by atoms with Crippen LogP contribution in [0.2, 0.25) is 0 Å². The number of benzene rings is 1. The SMILES string of the molecule is COc1ccc(C(F)(F)F)cc1CN(C)O. The van der Waals surface area contributed by atoms with Gasteiger partial charge in [-0.3, -0.25) is 0 Å². The molecule has 0 fully saturated rings. The van der Waals surface area contributed by atoms with E-state index in [-0.39, 0.29) is 12.1 Å². The van der Waals surface area contributed by atoms with Crippen molar-refractivity contribution in [2.75, 3.05) is 14.2 Å². The van der Waals surface area contributed by atoms with Gasteiger partial charge in [-0.1, -0.05) is 0 Å². The minimum Gasteiger partial charge on any atom is -0.496 e. The highest BCUT2D eigenvalue weighted by Gasteiger charge is 2.31. The highest BCUT2D eigenvalue weighted by molar-refractivity contribution is 5.38. The van der Waals surface area contributed by atoms with E-state index in [0.29, 0.717) is 5.75 Å². The van der Waals surface area contributed by atoms with Gasteiger partial charge in [-0.05, 0) is 18.2 Å². The van der Waals surface area contributed by atoms with Gasteiger partial charge in [0.25, 0.3) is 0 Å². The van der Waals surface area contributed by atoms with Crippen LogP contribution >= 0.6 is 0 Å². The summed E-state index contributed by atoms with van der Waals surface area (Å²) in [5.41, 5.74) is -0.479. The van der Waals surface area contributed by atoms with Gasteiger partial charge in [0.15, 0.2) is 0 Å². The van der Waals surface area contributed by atoms with Gasteiger partial charge in [-0.25, -0.2) is 0 Å². The minimum atomic E-state index is -4.39. The number of rotatable bonds is 3. The van der Waals surface area contributed by atoms with Crippen LogP contribution in [0.5, 0.6) is 5.75 Å². The Bertz CT molecular complexity index is 364. The van der Waals surface area contributed by atoms with Crippen LogP contribution in [0.4, 0.5) is 13.2 Å². The van der Waals surface area contributed by atoms with Crippen LogP contribution in [-0.2, 0) is 12.7 Å². The molecule has 0 atom stereocenters. The van der Waals surface area contributed by atoms with Crippen molar-refractivity contribution >= 4 is 0 Å². The first-order valence-corrected chi connectivity index (χ1v) is 4.48. The molecule has 1 rings (SSSR count). The second kappa shape index (κ2) is 4.71. The van der Waals surface area contributed by atoms with E-state index in [9.17, 15) is 13.2 Å². The van der Waals surface area contributed by atoms with Crippen molar-refractivity contribution in [3.05, 3.63) is 29.3 Å². The lowest BCUT2D eigenvalue weighted by Crippen LogP contribution is -2.14. The van der Waals surface area contributed by atoms with Crippen LogP contribution in [-0.4, -0.2) is 24.4 Å². The van der Waals surface area contributed by atoms with Gasteiger partial charge in [0.05, 0.1) is 19.2 Å². The Hall–Kier alpha value is -1.27. The Morgan fingerprint density at radius 1 is 1.38 bits per heavy atom. The first-order chi connectivity index (χ1) is 7.34. The maximum atomic E-state index is 12.4. The number of hydrogen-bond donors (Lipinski definition) is 1. The normalized spacial score (nSPS) is 11.9. The highest BCUT2D eigenvalue weighted by atomic mass is 19.4. The van der Waals surface area contributed by atoms with E-state index < -0.39 is 11.7 Å². The molecule has 6 heteroatoms. The summed E-state index contributed by atoms with van der Waals surface area (Å²) in [6.45, 7) is -0.0346. The summed E-state index contributed by atoms with van der Waals surface area (Å²) >= 11 is 0. The van der Waals surface area contributed by atoms with Crippen LogP contribution in [0.1, 0.15) is 11.1 Å². The third kappa shape index (κ3) is 3.11. The van der Waals surface area contributed by atoms with E-state index in [0.717, 1.165) is 17.2 Å². The molecule has 1 N–H and O–H groups in total. The summed E-state index contributed by atoms with van der Waals surface area (Å²) in [7, 11) is 2.71. The first-order valence-electron chi connectivity index (χ1n) is 4.48. The third-order valence-corrected chi connectivity index (χ3v) is 2.01. The topological polar surface area (TPSA) is 32.7 Å². The molecule has 0 bridgehead atoms. The smallest absolute Gasteiger partial charge is 0.416 e. The number of hydrogen-bond acceptors (Lipinski definition) is 3. The molecule has 1 aromatic carbocycles. The Morgan fingerprint density at radius 2 is 2.00 bits per heavy atom. The Morgan fingerprint density at radius 3 is 2.44 bits per heavy atom. The molecular weight excluding hydrogens is 223 g/mol. The molecule has 0 aliphatic carbocycles. The lowest BCUT2D eigenvalue weighted by molar-refractivity contribution is -0.137. The van der Waals surface area contributed by atoms with Crippen molar-refractivity contribution in [1.29, 1.82) is 0 Å². The zero-order chi connectivity index (χ0) is 12.3. The number of nitrogens with zero attached hydrogens (tertiary/aromatic N) is 1. The number of hydroxylamine groups is 2. The zero-order valence-electron chi connectivity index (χ0n) is 8.88. The summed E-state index contributed by atoms with van der Waals surface area (Å²) in [6, 6.07) is 3.15. The fraction of sp³-hybridized carbons (Fsp3) is 0.400. The third-order valence-electron chi connectivity index (χ3n) is 2.01. The second-order valence-corrected chi connectivity index (χ2v) is 3.34. The predicted octanol–water partition coefficient (Wildman–Crippen LogP) is 2.54. The van der Waals surface area contributed by atoms with Crippen molar-refractivity contribution in [3.8, 4) is 5.75 Å². The van der Waals surface area contributed by atoms with E-state index in [2.05, 4.69) is 0 Å². The molecule has 0 aromatic heterocycles. The summed E-state index contributed by atoms with van der Waals surface area (Å²) in [5.74, 6) is 0.314. The van der Waals surface area contributed by atoms with Crippen LogP contribution in [0, 0.1) is 0 Å². The Kier molecular flexibility index (Phi) is 3.77.